The number of benzene rings is 2. The molecule has 0 saturated carbocycles. The van der Waals surface area contributed by atoms with Gasteiger partial charge in [0, 0.05) is 17.8 Å². The number of allylic oxidation sites excluding steroid dienone is 1. The number of nitrogens with one attached hydrogen (secondary N) is 3. The summed E-state index contributed by atoms with van der Waals surface area (Å²) in [6.07, 6.45) is 1.53. The average Bonchev–Trinajstić information content (AvgIpc) is 2.68. The summed E-state index contributed by atoms with van der Waals surface area (Å²) in [5, 5.41) is 21.3. The molecule has 142 valence electrons. The van der Waals surface area contributed by atoms with Gasteiger partial charge in [0.15, 0.2) is 5.11 Å². The van der Waals surface area contributed by atoms with Gasteiger partial charge in [0.05, 0.1) is 22.8 Å². The fourth-order valence-corrected chi connectivity index (χ4v) is 3.10. The second-order valence-electron chi connectivity index (χ2n) is 6.03. The molecule has 1 unspecified atom stereocenters. The summed E-state index contributed by atoms with van der Waals surface area (Å²) in [6, 6.07) is 14.8. The number of nitro benzene ring substituents is 1. The van der Waals surface area contributed by atoms with E-state index in [1.807, 2.05) is 30.3 Å². The van der Waals surface area contributed by atoms with Crippen molar-refractivity contribution in [2.24, 2.45) is 5.10 Å². The summed E-state index contributed by atoms with van der Waals surface area (Å²) in [5.74, 6) is -0.441. The first-order chi connectivity index (χ1) is 13.5. The molecule has 1 aliphatic rings. The molecule has 1 amide bonds. The zero-order valence-electron chi connectivity index (χ0n) is 14.9. The summed E-state index contributed by atoms with van der Waals surface area (Å²) in [6.45, 7) is 1.72. The van der Waals surface area contributed by atoms with Gasteiger partial charge in [0.25, 0.3) is 11.6 Å². The number of hydrogen-bond acceptors (Lipinski definition) is 5. The highest BCUT2D eigenvalue weighted by Gasteiger charge is 2.30. The maximum atomic E-state index is 12.8. The number of hydrogen-bond donors (Lipinski definition) is 3. The molecule has 0 aliphatic carbocycles. The summed E-state index contributed by atoms with van der Waals surface area (Å²) < 4.78 is 0. The Kier molecular flexibility index (Phi) is 5.75. The van der Waals surface area contributed by atoms with Crippen LogP contribution in [0.3, 0.4) is 0 Å². The van der Waals surface area contributed by atoms with E-state index in [-0.39, 0.29) is 5.69 Å². The van der Waals surface area contributed by atoms with Gasteiger partial charge in [-0.3, -0.25) is 14.9 Å². The summed E-state index contributed by atoms with van der Waals surface area (Å²) in [7, 11) is 0. The molecule has 8 nitrogen and oxygen atoms in total. The largest absolute Gasteiger partial charge is 0.351 e. The van der Waals surface area contributed by atoms with Crippen LogP contribution in [0, 0.1) is 10.1 Å². The standard InChI is InChI=1S/C19H17N5O3S/c1-12-16(18(25)23-20-11-13-6-3-2-4-7-13)17(22-19(28)21-12)14-8-5-9-15(10-14)24(26)27/h2-11,17H,1H3,(H,23,25)(H2,21,22,28)/b20-11+. The molecular formula is C19H17N5O3S. The fraction of sp³-hybridized carbons (Fsp3) is 0.105. The van der Waals surface area contributed by atoms with Crippen LogP contribution in [0.1, 0.15) is 24.1 Å². The molecule has 2 aromatic carbocycles. The molecule has 0 fully saturated rings. The van der Waals surface area contributed by atoms with Crippen LogP contribution in [-0.2, 0) is 4.79 Å². The summed E-state index contributed by atoms with van der Waals surface area (Å²) in [5.41, 5.74) is 4.72. The normalized spacial score (nSPS) is 16.5. The molecule has 0 bridgehead atoms. The van der Waals surface area contributed by atoms with Gasteiger partial charge in [-0.1, -0.05) is 42.5 Å². The lowest BCUT2D eigenvalue weighted by atomic mass is 9.95. The molecule has 3 rings (SSSR count). The van der Waals surface area contributed by atoms with Crippen LogP contribution in [0.5, 0.6) is 0 Å². The van der Waals surface area contributed by atoms with Crippen LogP contribution < -0.4 is 16.1 Å². The van der Waals surface area contributed by atoms with Crippen LogP contribution in [0.25, 0.3) is 0 Å². The smallest absolute Gasteiger partial charge is 0.271 e. The maximum absolute atomic E-state index is 12.8. The highest BCUT2D eigenvalue weighted by molar-refractivity contribution is 7.80. The number of carbonyl (C=O) groups is 1. The van der Waals surface area contributed by atoms with Crippen LogP contribution in [-0.4, -0.2) is 22.2 Å². The van der Waals surface area contributed by atoms with Crippen molar-refractivity contribution in [2.75, 3.05) is 0 Å². The lowest BCUT2D eigenvalue weighted by molar-refractivity contribution is -0.384. The fourth-order valence-electron chi connectivity index (χ4n) is 2.83. The Morgan fingerprint density at radius 3 is 2.71 bits per heavy atom. The molecule has 2 aromatic rings. The van der Waals surface area contributed by atoms with Gasteiger partial charge in [-0.25, -0.2) is 5.43 Å². The first-order valence-electron chi connectivity index (χ1n) is 8.37. The zero-order valence-corrected chi connectivity index (χ0v) is 15.7. The van der Waals surface area contributed by atoms with E-state index in [1.165, 1.54) is 18.3 Å². The third-order valence-electron chi connectivity index (χ3n) is 4.11. The third kappa shape index (κ3) is 4.38. The van der Waals surface area contributed by atoms with Crippen molar-refractivity contribution >= 4 is 35.1 Å². The molecule has 1 atom stereocenters. The Morgan fingerprint density at radius 2 is 2.00 bits per heavy atom. The number of nitrogens with zero attached hydrogens (tertiary/aromatic N) is 2. The van der Waals surface area contributed by atoms with E-state index in [9.17, 15) is 14.9 Å². The van der Waals surface area contributed by atoms with Crippen molar-refractivity contribution in [3.8, 4) is 0 Å². The minimum absolute atomic E-state index is 0.0664. The molecule has 0 aromatic heterocycles. The first kappa shape index (κ1) is 19.2. The molecule has 0 saturated heterocycles. The Hall–Kier alpha value is -3.59. The van der Waals surface area contributed by atoms with Crippen molar-refractivity contribution in [2.45, 2.75) is 13.0 Å². The van der Waals surface area contributed by atoms with Crippen LogP contribution >= 0.6 is 12.2 Å². The molecular weight excluding hydrogens is 378 g/mol. The van der Waals surface area contributed by atoms with E-state index in [0.29, 0.717) is 21.9 Å². The number of carbonyl (C=O) groups excluding carboxylic acids is 1. The van der Waals surface area contributed by atoms with E-state index in [4.69, 9.17) is 12.2 Å². The van der Waals surface area contributed by atoms with Crippen molar-refractivity contribution in [3.05, 3.63) is 87.1 Å². The lowest BCUT2D eigenvalue weighted by Gasteiger charge is -2.29. The van der Waals surface area contributed by atoms with E-state index < -0.39 is 16.9 Å². The van der Waals surface area contributed by atoms with E-state index in [1.54, 1.807) is 19.1 Å². The molecule has 0 spiro atoms. The van der Waals surface area contributed by atoms with E-state index in [0.717, 1.165) is 5.56 Å². The molecule has 3 N–H and O–H groups in total. The minimum atomic E-state index is -0.638. The predicted molar refractivity (Wildman–Crippen MR) is 110 cm³/mol. The topological polar surface area (TPSA) is 109 Å². The number of rotatable bonds is 5. The van der Waals surface area contributed by atoms with Gasteiger partial charge >= 0.3 is 0 Å². The number of non-ortho nitro benzene ring substituents is 1. The highest BCUT2D eigenvalue weighted by atomic mass is 32.1. The molecule has 1 aliphatic heterocycles. The minimum Gasteiger partial charge on any atom is -0.351 e. The van der Waals surface area contributed by atoms with Gasteiger partial charge < -0.3 is 10.6 Å². The summed E-state index contributed by atoms with van der Waals surface area (Å²) >= 11 is 5.18. The first-order valence-corrected chi connectivity index (χ1v) is 8.77. The van der Waals surface area contributed by atoms with Gasteiger partial charge in [-0.2, -0.15) is 5.10 Å². The second-order valence-corrected chi connectivity index (χ2v) is 6.44. The maximum Gasteiger partial charge on any atom is 0.271 e. The Bertz CT molecular complexity index is 988. The van der Waals surface area contributed by atoms with Crippen LogP contribution in [0.2, 0.25) is 0 Å². The second kappa shape index (κ2) is 8.40. The molecule has 1 heterocycles. The Labute approximate surface area is 166 Å². The zero-order chi connectivity index (χ0) is 20.1. The van der Waals surface area contributed by atoms with Gasteiger partial charge in [0.1, 0.15) is 0 Å². The Morgan fingerprint density at radius 1 is 1.25 bits per heavy atom. The van der Waals surface area contributed by atoms with Gasteiger partial charge in [0.2, 0.25) is 0 Å². The Balaban J connectivity index is 1.87. The average molecular weight is 395 g/mol. The number of amides is 1. The van der Waals surface area contributed by atoms with Gasteiger partial charge in [-0.05, 0) is 30.3 Å². The molecule has 28 heavy (non-hydrogen) atoms. The number of hydrazone groups is 1. The number of thiocarbonyl (C=S) groups is 1. The van der Waals surface area contributed by atoms with Crippen molar-refractivity contribution in [1.82, 2.24) is 16.1 Å². The van der Waals surface area contributed by atoms with Crippen LogP contribution in [0.4, 0.5) is 5.69 Å². The quantitative estimate of drug-likeness (QED) is 0.311. The van der Waals surface area contributed by atoms with Crippen molar-refractivity contribution in [1.29, 1.82) is 0 Å². The van der Waals surface area contributed by atoms with Crippen LogP contribution in [0.15, 0.2) is 71.0 Å². The van der Waals surface area contributed by atoms with Crippen molar-refractivity contribution < 1.29 is 9.72 Å². The van der Waals surface area contributed by atoms with Crippen molar-refractivity contribution in [3.63, 3.8) is 0 Å². The SMILES string of the molecule is CC1=C(C(=O)N/N=C/c2ccccc2)C(c2cccc([N+](=O)[O-])c2)NC(=S)N1. The number of nitro groups is 1. The predicted octanol–water partition coefficient (Wildman–Crippen LogP) is 2.54. The summed E-state index contributed by atoms with van der Waals surface area (Å²) in [4.78, 5) is 23.4. The molecule has 0 radical (unpaired) electrons. The lowest BCUT2D eigenvalue weighted by Crippen LogP contribution is -2.46. The monoisotopic (exact) mass is 395 g/mol. The highest BCUT2D eigenvalue weighted by Crippen LogP contribution is 2.28. The third-order valence-corrected chi connectivity index (χ3v) is 4.33. The van der Waals surface area contributed by atoms with Gasteiger partial charge in [-0.15, -0.1) is 0 Å². The van der Waals surface area contributed by atoms with E-state index in [2.05, 4.69) is 21.2 Å². The molecule has 9 heteroatoms. The van der Waals surface area contributed by atoms with E-state index >= 15 is 0 Å².